The van der Waals surface area contributed by atoms with Crippen molar-refractivity contribution in [1.82, 2.24) is 0 Å². The van der Waals surface area contributed by atoms with Crippen molar-refractivity contribution >= 4 is 23.9 Å². The molecular weight excluding hydrogens is 328 g/mol. The molecule has 10 nitrogen and oxygen atoms in total. The molecule has 1 N–H and O–H groups in total. The van der Waals surface area contributed by atoms with Crippen LogP contribution in [0.3, 0.4) is 0 Å². The number of rotatable bonds is 4. The van der Waals surface area contributed by atoms with Crippen LogP contribution in [0.25, 0.3) is 0 Å². The molecule has 0 aromatic heterocycles. The molecule has 1 fully saturated rings. The van der Waals surface area contributed by atoms with E-state index in [1.807, 2.05) is 0 Å². The third kappa shape index (κ3) is 5.78. The summed E-state index contributed by atoms with van der Waals surface area (Å²) in [7, 11) is 0. The van der Waals surface area contributed by atoms with E-state index in [-0.39, 0.29) is 6.61 Å². The highest BCUT2D eigenvalue weighted by molar-refractivity contribution is 5.69. The maximum absolute atomic E-state index is 11.4. The van der Waals surface area contributed by atoms with E-state index in [1.54, 1.807) is 0 Å². The number of hydrogen-bond acceptors (Lipinski definition) is 10. The topological polar surface area (TPSA) is 135 Å². The third-order valence-corrected chi connectivity index (χ3v) is 2.95. The Balaban J connectivity index is 3.25. The number of hydrogen-bond donors (Lipinski definition) is 1. The first-order valence-electron chi connectivity index (χ1n) is 7.10. The molecule has 0 saturated carbocycles. The quantitative estimate of drug-likeness (QED) is 0.501. The molecule has 1 aliphatic heterocycles. The minimum absolute atomic E-state index is 0.367. The van der Waals surface area contributed by atoms with Gasteiger partial charge in [0.25, 0.3) is 0 Å². The van der Waals surface area contributed by atoms with Gasteiger partial charge in [-0.15, -0.1) is 0 Å². The van der Waals surface area contributed by atoms with Crippen molar-refractivity contribution in [2.45, 2.75) is 58.4 Å². The van der Waals surface area contributed by atoms with Gasteiger partial charge < -0.3 is 28.8 Å². The average Bonchev–Trinajstić information content (AvgIpc) is 2.52. The molecule has 0 unspecified atom stereocenters. The first-order chi connectivity index (χ1) is 11.1. The molecule has 0 amide bonds. The van der Waals surface area contributed by atoms with Crippen molar-refractivity contribution in [2.24, 2.45) is 0 Å². The molecule has 10 heteroatoms. The molecule has 0 aromatic rings. The van der Waals surface area contributed by atoms with Crippen molar-refractivity contribution in [3.8, 4) is 0 Å². The van der Waals surface area contributed by atoms with Crippen LogP contribution in [-0.2, 0) is 42.9 Å². The predicted molar refractivity (Wildman–Crippen MR) is 74.2 cm³/mol. The molecule has 0 aliphatic carbocycles. The van der Waals surface area contributed by atoms with Gasteiger partial charge in [-0.2, -0.15) is 0 Å². The highest BCUT2D eigenvalue weighted by atomic mass is 16.7. The van der Waals surface area contributed by atoms with Crippen molar-refractivity contribution in [3.05, 3.63) is 0 Å². The monoisotopic (exact) mass is 348 g/mol. The van der Waals surface area contributed by atoms with Gasteiger partial charge in [0.15, 0.2) is 30.7 Å². The van der Waals surface area contributed by atoms with Crippen LogP contribution >= 0.6 is 0 Å². The molecule has 1 rings (SSSR count). The van der Waals surface area contributed by atoms with Crippen LogP contribution in [0.2, 0.25) is 0 Å². The van der Waals surface area contributed by atoms with Gasteiger partial charge >= 0.3 is 23.9 Å². The first-order valence-corrected chi connectivity index (χ1v) is 7.10. The number of esters is 4. The minimum Gasteiger partial charge on any atom is -0.456 e. The summed E-state index contributed by atoms with van der Waals surface area (Å²) in [6, 6.07) is 0. The summed E-state index contributed by atoms with van der Waals surface area (Å²) in [6.07, 6.45) is -7.10. The van der Waals surface area contributed by atoms with Crippen LogP contribution in [0.4, 0.5) is 0 Å². The summed E-state index contributed by atoms with van der Waals surface area (Å²) in [4.78, 5) is 45.3. The zero-order chi connectivity index (χ0) is 18.4. The lowest BCUT2D eigenvalue weighted by atomic mass is 10.0. The Morgan fingerprint density at radius 1 is 0.750 bits per heavy atom. The van der Waals surface area contributed by atoms with Crippen LogP contribution in [0, 0.1) is 0 Å². The number of aliphatic hydroxyl groups excluding tert-OH is 1. The van der Waals surface area contributed by atoms with Gasteiger partial charge in [-0.05, 0) is 0 Å². The Bertz CT molecular complexity index is 502. The molecule has 136 valence electrons. The van der Waals surface area contributed by atoms with E-state index >= 15 is 0 Å². The molecule has 0 aromatic carbocycles. The molecule has 5 atom stereocenters. The molecular formula is C14H20O10. The Morgan fingerprint density at radius 3 is 1.62 bits per heavy atom. The fourth-order valence-electron chi connectivity index (χ4n) is 2.24. The second-order valence-electron chi connectivity index (χ2n) is 5.09. The lowest BCUT2D eigenvalue weighted by Crippen LogP contribution is -2.52. The maximum atomic E-state index is 11.4. The second kappa shape index (κ2) is 8.60. The standard InChI is InChI=1S/C14H20O10/c1-6(15)21-10-5-20-14(19)13(24-9(4)18)12(23-8(3)17)11(10)22-7(2)16/h10-14,19H,5H2,1-4H3/t10-,11+,12+,13-,14-/m1/s1. The highest BCUT2D eigenvalue weighted by Gasteiger charge is 2.49. The van der Waals surface area contributed by atoms with Gasteiger partial charge in [-0.3, -0.25) is 19.2 Å². The summed E-state index contributed by atoms with van der Waals surface area (Å²) in [5, 5.41) is 10.0. The zero-order valence-corrected chi connectivity index (χ0v) is 13.7. The Labute approximate surface area is 137 Å². The fourth-order valence-corrected chi connectivity index (χ4v) is 2.24. The molecule has 0 bridgehead atoms. The fraction of sp³-hybridized carbons (Fsp3) is 0.714. The SMILES string of the molecule is CC(=O)O[C@@H]1[C@@H](OC(C)=O)[C@H](O)OC[C@@H](OC(C)=O)[C@@H]1OC(C)=O. The van der Waals surface area contributed by atoms with E-state index in [2.05, 4.69) is 0 Å². The zero-order valence-electron chi connectivity index (χ0n) is 13.7. The van der Waals surface area contributed by atoms with Crippen molar-refractivity contribution in [3.63, 3.8) is 0 Å². The van der Waals surface area contributed by atoms with E-state index in [1.165, 1.54) is 0 Å². The van der Waals surface area contributed by atoms with Crippen LogP contribution in [0.5, 0.6) is 0 Å². The number of ether oxygens (including phenoxy) is 5. The number of carbonyl (C=O) groups excluding carboxylic acids is 4. The molecule has 1 aliphatic rings. The number of aliphatic hydroxyl groups is 1. The molecule has 24 heavy (non-hydrogen) atoms. The van der Waals surface area contributed by atoms with Crippen molar-refractivity contribution < 1.29 is 48.0 Å². The van der Waals surface area contributed by atoms with E-state index in [0.29, 0.717) is 0 Å². The van der Waals surface area contributed by atoms with E-state index in [0.717, 1.165) is 27.7 Å². The largest absolute Gasteiger partial charge is 0.456 e. The lowest BCUT2D eigenvalue weighted by molar-refractivity contribution is -0.214. The Kier molecular flexibility index (Phi) is 7.11. The second-order valence-corrected chi connectivity index (χ2v) is 5.09. The van der Waals surface area contributed by atoms with E-state index in [4.69, 9.17) is 23.7 Å². The van der Waals surface area contributed by atoms with Gasteiger partial charge in [0.05, 0.1) is 6.61 Å². The first kappa shape index (κ1) is 19.8. The summed E-state index contributed by atoms with van der Waals surface area (Å²) < 4.78 is 25.2. The summed E-state index contributed by atoms with van der Waals surface area (Å²) >= 11 is 0. The van der Waals surface area contributed by atoms with Gasteiger partial charge in [0.1, 0.15) is 0 Å². The van der Waals surface area contributed by atoms with E-state index < -0.39 is 54.6 Å². The van der Waals surface area contributed by atoms with Crippen LogP contribution in [-0.4, -0.2) is 66.3 Å². The Morgan fingerprint density at radius 2 is 1.17 bits per heavy atom. The molecule has 1 heterocycles. The summed E-state index contributed by atoms with van der Waals surface area (Å²) in [6.45, 7) is 4.00. The predicted octanol–water partition coefficient (Wildman–Crippen LogP) is -0.938. The number of carbonyl (C=O) groups is 4. The normalized spacial score (nSPS) is 29.8. The van der Waals surface area contributed by atoms with Crippen LogP contribution in [0.15, 0.2) is 0 Å². The Hall–Kier alpha value is -2.20. The van der Waals surface area contributed by atoms with E-state index in [9.17, 15) is 24.3 Å². The minimum atomic E-state index is -1.68. The highest BCUT2D eigenvalue weighted by Crippen LogP contribution is 2.25. The summed E-state index contributed by atoms with van der Waals surface area (Å²) in [5.74, 6) is -3.03. The molecule has 0 radical (unpaired) electrons. The summed E-state index contributed by atoms with van der Waals surface area (Å²) in [5.41, 5.74) is 0. The van der Waals surface area contributed by atoms with Gasteiger partial charge in [-0.25, -0.2) is 0 Å². The molecule has 1 saturated heterocycles. The smallest absolute Gasteiger partial charge is 0.303 e. The van der Waals surface area contributed by atoms with Crippen LogP contribution < -0.4 is 0 Å². The van der Waals surface area contributed by atoms with Crippen molar-refractivity contribution in [1.29, 1.82) is 0 Å². The van der Waals surface area contributed by atoms with Gasteiger partial charge in [-0.1, -0.05) is 0 Å². The van der Waals surface area contributed by atoms with Crippen LogP contribution in [0.1, 0.15) is 27.7 Å². The van der Waals surface area contributed by atoms with Gasteiger partial charge in [0, 0.05) is 27.7 Å². The van der Waals surface area contributed by atoms with Crippen molar-refractivity contribution in [2.75, 3.05) is 6.61 Å². The lowest BCUT2D eigenvalue weighted by Gasteiger charge is -2.32. The molecule has 0 spiro atoms. The maximum Gasteiger partial charge on any atom is 0.303 e. The third-order valence-electron chi connectivity index (χ3n) is 2.95. The average molecular weight is 348 g/mol. The van der Waals surface area contributed by atoms with Gasteiger partial charge in [0.2, 0.25) is 0 Å².